The molecule has 19 heavy (non-hydrogen) atoms. The van der Waals surface area contributed by atoms with Crippen LogP contribution in [0.25, 0.3) is 0 Å². The van der Waals surface area contributed by atoms with Crippen LogP contribution >= 0.6 is 15.9 Å². The maximum Gasteiger partial charge on any atom is 0.308 e. The second-order valence-electron chi connectivity index (χ2n) is 4.00. The van der Waals surface area contributed by atoms with E-state index in [-0.39, 0.29) is 12.5 Å². The number of rotatable bonds is 6. The fraction of sp³-hybridized carbons (Fsp3) is 0.385. The zero-order valence-corrected chi connectivity index (χ0v) is 12.4. The molecule has 0 aromatic heterocycles. The third kappa shape index (κ3) is 4.24. The van der Waals surface area contributed by atoms with Gasteiger partial charge in [0.05, 0.1) is 18.6 Å². The average Bonchev–Trinajstić information content (AvgIpc) is 2.39. The number of ether oxygens (including phenoxy) is 1. The van der Waals surface area contributed by atoms with Crippen LogP contribution in [-0.2, 0) is 4.79 Å². The summed E-state index contributed by atoms with van der Waals surface area (Å²) in [4.78, 5) is 22.9. The molecule has 104 valence electrons. The number of halogens is 1. The normalized spacial score (nSPS) is 11.7. The first-order valence-corrected chi connectivity index (χ1v) is 6.63. The Bertz CT molecular complexity index is 476. The van der Waals surface area contributed by atoms with Crippen LogP contribution in [0, 0.1) is 5.92 Å². The Morgan fingerprint density at radius 2 is 2.16 bits per heavy atom. The van der Waals surface area contributed by atoms with E-state index >= 15 is 0 Å². The molecule has 1 amide bonds. The lowest BCUT2D eigenvalue weighted by Crippen LogP contribution is -2.32. The Balaban J connectivity index is 2.75. The smallest absolute Gasteiger partial charge is 0.308 e. The van der Waals surface area contributed by atoms with E-state index in [0.717, 1.165) is 0 Å². The van der Waals surface area contributed by atoms with Crippen LogP contribution in [0.1, 0.15) is 23.7 Å². The van der Waals surface area contributed by atoms with Gasteiger partial charge in [-0.15, -0.1) is 0 Å². The van der Waals surface area contributed by atoms with Crippen molar-refractivity contribution in [3.8, 4) is 5.75 Å². The van der Waals surface area contributed by atoms with Crippen LogP contribution < -0.4 is 10.1 Å². The fourth-order valence-corrected chi connectivity index (χ4v) is 1.95. The van der Waals surface area contributed by atoms with Gasteiger partial charge in [-0.25, -0.2) is 0 Å². The van der Waals surface area contributed by atoms with Gasteiger partial charge in [0.25, 0.3) is 5.91 Å². The highest BCUT2D eigenvalue weighted by Gasteiger charge is 2.17. The van der Waals surface area contributed by atoms with E-state index in [0.29, 0.717) is 22.2 Å². The first kappa shape index (κ1) is 15.5. The number of carbonyl (C=O) groups is 2. The lowest BCUT2D eigenvalue weighted by molar-refractivity contribution is -0.141. The number of carbonyl (C=O) groups excluding carboxylic acids is 1. The van der Waals surface area contributed by atoms with Gasteiger partial charge in [-0.2, -0.15) is 0 Å². The largest absolute Gasteiger partial charge is 0.497 e. The van der Waals surface area contributed by atoms with Gasteiger partial charge < -0.3 is 15.2 Å². The fourth-order valence-electron chi connectivity index (χ4n) is 1.52. The summed E-state index contributed by atoms with van der Waals surface area (Å²) < 4.78 is 5.68. The lowest BCUT2D eigenvalue weighted by Gasteiger charge is -2.12. The maximum atomic E-state index is 12.0. The van der Waals surface area contributed by atoms with Crippen molar-refractivity contribution in [1.29, 1.82) is 0 Å². The van der Waals surface area contributed by atoms with Crippen molar-refractivity contribution < 1.29 is 19.4 Å². The van der Waals surface area contributed by atoms with E-state index in [9.17, 15) is 9.59 Å². The molecule has 0 saturated carbocycles. The highest BCUT2D eigenvalue weighted by molar-refractivity contribution is 9.10. The Morgan fingerprint density at radius 3 is 2.68 bits per heavy atom. The topological polar surface area (TPSA) is 75.6 Å². The van der Waals surface area contributed by atoms with Gasteiger partial charge in [-0.1, -0.05) is 6.92 Å². The third-order valence-corrected chi connectivity index (χ3v) is 3.46. The van der Waals surface area contributed by atoms with Crippen LogP contribution in [0.5, 0.6) is 5.75 Å². The van der Waals surface area contributed by atoms with Gasteiger partial charge in [-0.05, 0) is 40.5 Å². The zero-order valence-electron chi connectivity index (χ0n) is 10.8. The molecule has 0 saturated heterocycles. The van der Waals surface area contributed by atoms with Gasteiger partial charge in [0.1, 0.15) is 5.75 Å². The molecule has 5 nitrogen and oxygen atoms in total. The number of benzene rings is 1. The number of hydrogen-bond acceptors (Lipinski definition) is 3. The first-order chi connectivity index (χ1) is 8.99. The summed E-state index contributed by atoms with van der Waals surface area (Å²) in [5.74, 6) is -1.25. The summed E-state index contributed by atoms with van der Waals surface area (Å²) in [6.45, 7) is 1.88. The highest BCUT2D eigenvalue weighted by atomic mass is 79.9. The molecule has 0 fully saturated rings. The number of carboxylic acid groups (broad SMARTS) is 1. The summed E-state index contributed by atoms with van der Waals surface area (Å²) in [7, 11) is 1.52. The summed E-state index contributed by atoms with van der Waals surface area (Å²) in [5.41, 5.74) is 0.416. The number of carboxylic acids is 1. The first-order valence-electron chi connectivity index (χ1n) is 5.84. The molecule has 1 rings (SSSR count). The standard InChI is InChI=1S/C13H16BrNO4/c1-3-8(13(17)18)7-15-12(16)10-6-9(19-2)4-5-11(10)14/h4-6,8H,3,7H2,1-2H3,(H,15,16)(H,17,18). The molecule has 2 N–H and O–H groups in total. The molecule has 1 unspecified atom stereocenters. The molecule has 0 aliphatic carbocycles. The zero-order chi connectivity index (χ0) is 14.4. The monoisotopic (exact) mass is 329 g/mol. The van der Waals surface area contributed by atoms with Crippen molar-refractivity contribution in [1.82, 2.24) is 5.32 Å². The number of amides is 1. The minimum absolute atomic E-state index is 0.105. The second kappa shape index (κ2) is 7.13. The van der Waals surface area contributed by atoms with E-state index in [1.807, 2.05) is 0 Å². The Morgan fingerprint density at radius 1 is 1.47 bits per heavy atom. The average molecular weight is 330 g/mol. The van der Waals surface area contributed by atoms with Crippen molar-refractivity contribution in [3.05, 3.63) is 28.2 Å². The van der Waals surface area contributed by atoms with Gasteiger partial charge in [0.2, 0.25) is 0 Å². The SMILES string of the molecule is CCC(CNC(=O)c1cc(OC)ccc1Br)C(=O)O. The van der Waals surface area contributed by atoms with Crippen molar-refractivity contribution in [2.24, 2.45) is 5.92 Å². The maximum absolute atomic E-state index is 12.0. The molecule has 0 aliphatic rings. The minimum atomic E-state index is -0.910. The van der Waals surface area contributed by atoms with E-state index in [4.69, 9.17) is 9.84 Å². The van der Waals surface area contributed by atoms with E-state index in [2.05, 4.69) is 21.2 Å². The van der Waals surface area contributed by atoms with Crippen LogP contribution in [0.4, 0.5) is 0 Å². The number of methoxy groups -OCH3 is 1. The van der Waals surface area contributed by atoms with Gasteiger partial charge >= 0.3 is 5.97 Å². The second-order valence-corrected chi connectivity index (χ2v) is 4.85. The Labute approximate surface area is 120 Å². The molecule has 0 aliphatic heterocycles. The molecule has 1 atom stereocenters. The predicted molar refractivity (Wildman–Crippen MR) is 74.4 cm³/mol. The molecule has 1 aromatic carbocycles. The molecule has 6 heteroatoms. The number of aliphatic carboxylic acids is 1. The van der Waals surface area contributed by atoms with Crippen LogP contribution in [-0.4, -0.2) is 30.6 Å². The molecule has 0 bridgehead atoms. The number of hydrogen-bond donors (Lipinski definition) is 2. The van der Waals surface area contributed by atoms with E-state index in [1.54, 1.807) is 25.1 Å². The lowest BCUT2D eigenvalue weighted by atomic mass is 10.1. The summed E-state index contributed by atoms with van der Waals surface area (Å²) in [6, 6.07) is 5.04. The van der Waals surface area contributed by atoms with Crippen LogP contribution in [0.2, 0.25) is 0 Å². The van der Waals surface area contributed by atoms with Crippen molar-refractivity contribution in [3.63, 3.8) is 0 Å². The molecular formula is C13H16BrNO4. The van der Waals surface area contributed by atoms with Crippen molar-refractivity contribution >= 4 is 27.8 Å². The van der Waals surface area contributed by atoms with Gasteiger partial charge in [0.15, 0.2) is 0 Å². The third-order valence-electron chi connectivity index (χ3n) is 2.77. The molecular weight excluding hydrogens is 314 g/mol. The van der Waals surface area contributed by atoms with E-state index < -0.39 is 11.9 Å². The summed E-state index contributed by atoms with van der Waals surface area (Å²) >= 11 is 3.28. The van der Waals surface area contributed by atoms with E-state index in [1.165, 1.54) is 7.11 Å². The van der Waals surface area contributed by atoms with Gasteiger partial charge in [-0.3, -0.25) is 9.59 Å². The molecule has 1 aromatic rings. The molecule has 0 heterocycles. The van der Waals surface area contributed by atoms with Crippen molar-refractivity contribution in [2.45, 2.75) is 13.3 Å². The van der Waals surface area contributed by atoms with Crippen LogP contribution in [0.3, 0.4) is 0 Å². The molecule has 0 spiro atoms. The summed E-state index contributed by atoms with van der Waals surface area (Å²) in [5, 5.41) is 11.5. The van der Waals surface area contributed by atoms with Crippen LogP contribution in [0.15, 0.2) is 22.7 Å². The molecule has 0 radical (unpaired) electrons. The minimum Gasteiger partial charge on any atom is -0.497 e. The Hall–Kier alpha value is -1.56. The van der Waals surface area contributed by atoms with Crippen molar-refractivity contribution in [2.75, 3.05) is 13.7 Å². The quantitative estimate of drug-likeness (QED) is 0.839. The predicted octanol–water partition coefficient (Wildman–Crippen LogP) is 2.30. The van der Waals surface area contributed by atoms with Gasteiger partial charge in [0, 0.05) is 11.0 Å². The highest BCUT2D eigenvalue weighted by Crippen LogP contribution is 2.22. The Kier molecular flexibility index (Phi) is 5.82. The number of nitrogens with one attached hydrogen (secondary N) is 1. The summed E-state index contributed by atoms with van der Waals surface area (Å²) in [6.07, 6.45) is 0.467.